The van der Waals surface area contributed by atoms with Crippen molar-refractivity contribution in [1.29, 1.82) is 0 Å². The predicted molar refractivity (Wildman–Crippen MR) is 110 cm³/mol. The molecule has 0 bridgehead atoms. The van der Waals surface area contributed by atoms with Gasteiger partial charge in [0.15, 0.2) is 11.5 Å². The largest absolute Gasteiger partial charge is 0.416 e. The van der Waals surface area contributed by atoms with Crippen LogP contribution in [0.25, 0.3) is 10.6 Å². The molecule has 4 rings (SSSR count). The molecule has 0 saturated carbocycles. The molecule has 0 aliphatic carbocycles. The first-order valence-corrected chi connectivity index (χ1v) is 10.4. The summed E-state index contributed by atoms with van der Waals surface area (Å²) in [4.78, 5) is 13.3. The number of hydrogen-bond acceptors (Lipinski definition) is 5. The minimum absolute atomic E-state index is 0.0161. The first-order valence-electron chi connectivity index (χ1n) is 9.55. The Bertz CT molecular complexity index is 1320. The van der Waals surface area contributed by atoms with Crippen molar-refractivity contribution in [2.45, 2.75) is 25.8 Å². The zero-order valence-corrected chi connectivity index (χ0v) is 18.0. The quantitative estimate of drug-likeness (QED) is 0.329. The van der Waals surface area contributed by atoms with Crippen LogP contribution in [0, 0.1) is 6.92 Å². The van der Waals surface area contributed by atoms with E-state index in [0.717, 1.165) is 15.6 Å². The second-order valence-corrected chi connectivity index (χ2v) is 8.12. The first-order chi connectivity index (χ1) is 15.9. The van der Waals surface area contributed by atoms with E-state index < -0.39 is 41.5 Å². The Balaban J connectivity index is 1.55. The summed E-state index contributed by atoms with van der Waals surface area (Å²) < 4.78 is 85.2. The highest BCUT2D eigenvalue weighted by Gasteiger charge is 2.38. The third-order valence-corrected chi connectivity index (χ3v) is 5.81. The van der Waals surface area contributed by atoms with Crippen molar-refractivity contribution in [1.82, 2.24) is 14.9 Å². The van der Waals surface area contributed by atoms with E-state index in [9.17, 15) is 31.1 Å². The van der Waals surface area contributed by atoms with Crippen LogP contribution in [0.4, 0.5) is 32.0 Å². The molecule has 0 fully saturated rings. The molecular formula is C21H14F6N4O2S. The molecule has 4 aromatic rings. The summed E-state index contributed by atoms with van der Waals surface area (Å²) in [5.41, 5.74) is -2.73. The Hall–Kier alpha value is -3.61. The third kappa shape index (κ3) is 4.83. The number of anilines is 1. The van der Waals surface area contributed by atoms with Gasteiger partial charge in [-0.25, -0.2) is 0 Å². The van der Waals surface area contributed by atoms with Crippen molar-refractivity contribution in [2.24, 2.45) is 0 Å². The lowest BCUT2D eigenvalue weighted by molar-refractivity contribution is -0.143. The highest BCUT2D eigenvalue weighted by Crippen LogP contribution is 2.37. The van der Waals surface area contributed by atoms with E-state index in [0.29, 0.717) is 17.5 Å². The molecule has 0 aliphatic heterocycles. The minimum Gasteiger partial charge on any atom is -0.355 e. The molecule has 6 nitrogen and oxygen atoms in total. The van der Waals surface area contributed by atoms with Gasteiger partial charge in [0.2, 0.25) is 0 Å². The second kappa shape index (κ2) is 8.63. The molecule has 0 aliphatic rings. The van der Waals surface area contributed by atoms with Crippen molar-refractivity contribution in [3.8, 4) is 10.6 Å². The van der Waals surface area contributed by atoms with Crippen LogP contribution in [0.1, 0.15) is 32.9 Å². The molecule has 0 spiro atoms. The highest BCUT2D eigenvalue weighted by atomic mass is 32.1. The normalized spacial score (nSPS) is 12.2. The van der Waals surface area contributed by atoms with Crippen LogP contribution < -0.4 is 5.32 Å². The van der Waals surface area contributed by atoms with Gasteiger partial charge in [-0.15, -0.1) is 11.3 Å². The number of amides is 1. The summed E-state index contributed by atoms with van der Waals surface area (Å²) >= 11 is 1.40. The summed E-state index contributed by atoms with van der Waals surface area (Å²) in [6.07, 6.45) is -8.69. The Morgan fingerprint density at radius 2 is 1.88 bits per heavy atom. The van der Waals surface area contributed by atoms with Crippen molar-refractivity contribution < 1.29 is 35.7 Å². The van der Waals surface area contributed by atoms with Crippen LogP contribution in [0.2, 0.25) is 0 Å². The number of halogens is 6. The summed E-state index contributed by atoms with van der Waals surface area (Å²) in [7, 11) is 0. The summed E-state index contributed by atoms with van der Waals surface area (Å²) in [6, 6.07) is 6.47. The average Bonchev–Trinajstić information content (AvgIpc) is 3.50. The minimum atomic E-state index is -5.00. The van der Waals surface area contributed by atoms with E-state index in [4.69, 9.17) is 4.52 Å². The van der Waals surface area contributed by atoms with Gasteiger partial charge >= 0.3 is 12.4 Å². The number of aromatic nitrogens is 3. The number of thiophene rings is 1. The summed E-state index contributed by atoms with van der Waals surface area (Å²) in [6.45, 7) is 1.04. The van der Waals surface area contributed by atoms with E-state index in [-0.39, 0.29) is 17.4 Å². The molecule has 34 heavy (non-hydrogen) atoms. The molecule has 3 aromatic heterocycles. The van der Waals surface area contributed by atoms with E-state index in [1.165, 1.54) is 30.5 Å². The molecule has 178 valence electrons. The van der Waals surface area contributed by atoms with Crippen LogP contribution >= 0.6 is 11.3 Å². The first kappa shape index (κ1) is 23.5. The molecule has 1 N–H and O–H groups in total. The van der Waals surface area contributed by atoms with Gasteiger partial charge < -0.3 is 9.84 Å². The van der Waals surface area contributed by atoms with E-state index in [1.54, 1.807) is 12.1 Å². The summed E-state index contributed by atoms with van der Waals surface area (Å²) in [5.74, 6) is -0.228. The monoisotopic (exact) mass is 500 g/mol. The topological polar surface area (TPSA) is 73.0 Å². The van der Waals surface area contributed by atoms with Gasteiger partial charge in [0.05, 0.1) is 40.1 Å². The Morgan fingerprint density at radius 3 is 2.53 bits per heavy atom. The van der Waals surface area contributed by atoms with Gasteiger partial charge in [0.25, 0.3) is 5.91 Å². The fourth-order valence-corrected chi connectivity index (χ4v) is 3.82. The zero-order valence-electron chi connectivity index (χ0n) is 17.2. The Labute approximate surface area is 191 Å². The van der Waals surface area contributed by atoms with Gasteiger partial charge in [0.1, 0.15) is 0 Å². The number of hydrogen-bond donors (Lipinski definition) is 1. The maximum Gasteiger partial charge on any atom is 0.416 e. The molecule has 0 atom stereocenters. The standard InChI is InChI=1S/C21H14F6N4O2S/c1-11-16(29-19(32)15-8-17(33-30-15)18-3-2-6-34-18)9-28-31(11)10-12-4-5-13(20(22,23)24)7-14(12)21(25,26)27/h2-9H,10H2,1H3,(H,29,32). The summed E-state index contributed by atoms with van der Waals surface area (Å²) in [5, 5.41) is 12.1. The number of carbonyl (C=O) groups excluding carboxylic acids is 1. The Morgan fingerprint density at radius 1 is 1.12 bits per heavy atom. The molecule has 0 radical (unpaired) electrons. The smallest absolute Gasteiger partial charge is 0.355 e. The maximum atomic E-state index is 13.4. The fourth-order valence-electron chi connectivity index (χ4n) is 3.15. The van der Waals surface area contributed by atoms with Crippen LogP contribution in [-0.2, 0) is 18.9 Å². The van der Waals surface area contributed by atoms with Crippen molar-refractivity contribution >= 4 is 22.9 Å². The molecule has 0 saturated heterocycles. The SMILES string of the molecule is Cc1c(NC(=O)c2cc(-c3cccs3)on2)cnn1Cc1ccc(C(F)(F)F)cc1C(F)(F)F. The molecule has 3 heterocycles. The van der Waals surface area contributed by atoms with Crippen molar-refractivity contribution in [2.75, 3.05) is 5.32 Å². The number of rotatable bonds is 5. The van der Waals surface area contributed by atoms with Gasteiger partial charge in [-0.3, -0.25) is 9.48 Å². The molecule has 13 heteroatoms. The lowest BCUT2D eigenvalue weighted by Crippen LogP contribution is -2.16. The van der Waals surface area contributed by atoms with E-state index >= 15 is 0 Å². The molecule has 1 amide bonds. The van der Waals surface area contributed by atoms with Gasteiger partial charge in [-0.2, -0.15) is 31.4 Å². The van der Waals surface area contributed by atoms with Gasteiger partial charge in [0, 0.05) is 6.07 Å². The third-order valence-electron chi connectivity index (χ3n) is 4.92. The fraction of sp³-hybridized carbons (Fsp3) is 0.190. The van der Waals surface area contributed by atoms with Crippen molar-refractivity contribution in [3.05, 3.63) is 76.1 Å². The van der Waals surface area contributed by atoms with Crippen LogP contribution in [0.5, 0.6) is 0 Å². The lowest BCUT2D eigenvalue weighted by Gasteiger charge is -2.16. The van der Waals surface area contributed by atoms with Crippen LogP contribution in [0.15, 0.2) is 52.5 Å². The van der Waals surface area contributed by atoms with Crippen molar-refractivity contribution in [3.63, 3.8) is 0 Å². The maximum absolute atomic E-state index is 13.4. The second-order valence-electron chi connectivity index (χ2n) is 7.18. The number of benzene rings is 1. The van der Waals surface area contributed by atoms with E-state index in [1.807, 2.05) is 5.38 Å². The predicted octanol–water partition coefficient (Wildman–Crippen LogP) is 6.25. The highest BCUT2D eigenvalue weighted by molar-refractivity contribution is 7.13. The molecular weight excluding hydrogens is 486 g/mol. The average molecular weight is 500 g/mol. The Kier molecular flexibility index (Phi) is 5.98. The van der Waals surface area contributed by atoms with Gasteiger partial charge in [-0.05, 0) is 36.1 Å². The van der Waals surface area contributed by atoms with E-state index in [2.05, 4.69) is 15.6 Å². The van der Waals surface area contributed by atoms with Gasteiger partial charge in [-0.1, -0.05) is 17.3 Å². The van der Waals surface area contributed by atoms with Crippen LogP contribution in [0.3, 0.4) is 0 Å². The molecule has 1 aromatic carbocycles. The molecule has 0 unspecified atom stereocenters. The zero-order chi connectivity index (χ0) is 24.7. The van der Waals surface area contributed by atoms with Crippen LogP contribution in [-0.4, -0.2) is 20.8 Å². The lowest BCUT2D eigenvalue weighted by atomic mass is 10.0. The number of nitrogens with zero attached hydrogens (tertiary/aromatic N) is 3. The number of alkyl halides is 6. The number of nitrogens with one attached hydrogen (secondary N) is 1. The number of carbonyl (C=O) groups is 1.